The number of aryl methyl sites for hydroxylation is 2. The van der Waals surface area contributed by atoms with Crippen LogP contribution in [0.5, 0.6) is 11.5 Å². The van der Waals surface area contributed by atoms with E-state index in [2.05, 4.69) is 21.0 Å². The number of rotatable bonds is 3. The Morgan fingerprint density at radius 2 is 2.35 bits per heavy atom. The zero-order valence-electron chi connectivity index (χ0n) is 11.4. The van der Waals surface area contributed by atoms with Gasteiger partial charge >= 0.3 is 0 Å². The van der Waals surface area contributed by atoms with Crippen LogP contribution in [0.15, 0.2) is 22.7 Å². The van der Waals surface area contributed by atoms with Crippen LogP contribution in [-0.2, 0) is 13.7 Å². The predicted molar refractivity (Wildman–Crippen MR) is 78.8 cm³/mol. The van der Waals surface area contributed by atoms with Crippen molar-refractivity contribution in [3.8, 4) is 11.5 Å². The number of benzene rings is 1. The van der Waals surface area contributed by atoms with Crippen LogP contribution in [0.4, 0.5) is 0 Å². The second-order valence-electron chi connectivity index (χ2n) is 4.88. The van der Waals surface area contributed by atoms with Crippen LogP contribution in [0, 0.1) is 6.92 Å². The standard InChI is InChI=1S/C14H16BrN3O2/c1-8-14(15)12(18(2)17-8)7-19-9-3-4-10-11(16)6-20-13(10)5-9/h3-5,11H,6-7,16H2,1-2H3. The van der Waals surface area contributed by atoms with Crippen LogP contribution in [0.3, 0.4) is 0 Å². The minimum atomic E-state index is -0.0343. The van der Waals surface area contributed by atoms with Gasteiger partial charge in [0.25, 0.3) is 0 Å². The third-order valence-corrected chi connectivity index (χ3v) is 4.47. The van der Waals surface area contributed by atoms with E-state index in [1.807, 2.05) is 36.9 Å². The van der Waals surface area contributed by atoms with Crippen molar-refractivity contribution in [2.45, 2.75) is 19.6 Å². The van der Waals surface area contributed by atoms with Gasteiger partial charge in [0.1, 0.15) is 24.7 Å². The first-order valence-corrected chi connectivity index (χ1v) is 7.18. The van der Waals surface area contributed by atoms with Crippen molar-refractivity contribution in [2.24, 2.45) is 12.8 Å². The Kier molecular flexibility index (Phi) is 3.43. The quantitative estimate of drug-likeness (QED) is 0.934. The molecule has 2 N–H and O–H groups in total. The zero-order chi connectivity index (χ0) is 14.3. The van der Waals surface area contributed by atoms with Crippen LogP contribution in [0.1, 0.15) is 23.0 Å². The normalized spacial score (nSPS) is 16.9. The summed E-state index contributed by atoms with van der Waals surface area (Å²) in [6.07, 6.45) is 0. The van der Waals surface area contributed by atoms with E-state index < -0.39 is 0 Å². The third-order valence-electron chi connectivity index (χ3n) is 3.44. The van der Waals surface area contributed by atoms with Gasteiger partial charge in [-0.25, -0.2) is 0 Å². The lowest BCUT2D eigenvalue weighted by Gasteiger charge is -2.09. The largest absolute Gasteiger partial charge is 0.491 e. The number of aromatic nitrogens is 2. The summed E-state index contributed by atoms with van der Waals surface area (Å²) in [5, 5.41) is 4.34. The summed E-state index contributed by atoms with van der Waals surface area (Å²) < 4.78 is 14.1. The molecule has 1 aliphatic rings. The summed E-state index contributed by atoms with van der Waals surface area (Å²) in [6.45, 7) is 2.94. The van der Waals surface area contributed by atoms with Gasteiger partial charge in [-0.15, -0.1) is 0 Å². The van der Waals surface area contributed by atoms with E-state index in [1.54, 1.807) is 0 Å². The number of hydrogen-bond donors (Lipinski definition) is 1. The topological polar surface area (TPSA) is 62.3 Å². The number of halogens is 1. The van der Waals surface area contributed by atoms with Gasteiger partial charge < -0.3 is 15.2 Å². The van der Waals surface area contributed by atoms with E-state index in [1.165, 1.54) is 0 Å². The molecule has 6 heteroatoms. The lowest BCUT2D eigenvalue weighted by atomic mass is 10.1. The maximum atomic E-state index is 5.92. The molecule has 3 rings (SSSR count). The van der Waals surface area contributed by atoms with Gasteiger partial charge in [-0.2, -0.15) is 5.10 Å². The van der Waals surface area contributed by atoms with Crippen molar-refractivity contribution >= 4 is 15.9 Å². The highest BCUT2D eigenvalue weighted by Gasteiger charge is 2.21. The number of ether oxygens (including phenoxy) is 2. The number of nitrogens with zero attached hydrogens (tertiary/aromatic N) is 2. The first-order chi connectivity index (χ1) is 9.56. The Balaban J connectivity index is 1.76. The highest BCUT2D eigenvalue weighted by atomic mass is 79.9. The molecule has 106 valence electrons. The molecule has 1 aromatic carbocycles. The highest BCUT2D eigenvalue weighted by molar-refractivity contribution is 9.10. The van der Waals surface area contributed by atoms with Crippen molar-refractivity contribution in [1.29, 1.82) is 0 Å². The van der Waals surface area contributed by atoms with E-state index in [0.29, 0.717) is 13.2 Å². The molecule has 20 heavy (non-hydrogen) atoms. The molecule has 5 nitrogen and oxygen atoms in total. The van der Waals surface area contributed by atoms with E-state index in [9.17, 15) is 0 Å². The van der Waals surface area contributed by atoms with Crippen LogP contribution in [0.2, 0.25) is 0 Å². The SMILES string of the molecule is Cc1nn(C)c(COc2ccc3c(c2)OCC3N)c1Br. The molecule has 1 aliphatic heterocycles. The lowest BCUT2D eigenvalue weighted by Crippen LogP contribution is -2.10. The molecule has 0 radical (unpaired) electrons. The number of hydrogen-bond acceptors (Lipinski definition) is 4. The van der Waals surface area contributed by atoms with Gasteiger partial charge in [0.05, 0.1) is 21.9 Å². The molecule has 0 aliphatic carbocycles. The minimum absolute atomic E-state index is 0.0343. The molecule has 0 spiro atoms. The lowest BCUT2D eigenvalue weighted by molar-refractivity contribution is 0.290. The highest BCUT2D eigenvalue weighted by Crippen LogP contribution is 2.34. The van der Waals surface area contributed by atoms with Crippen molar-refractivity contribution in [1.82, 2.24) is 9.78 Å². The fourth-order valence-electron chi connectivity index (χ4n) is 2.29. The van der Waals surface area contributed by atoms with Gasteiger partial charge in [0.15, 0.2) is 0 Å². The smallest absolute Gasteiger partial charge is 0.131 e. The first-order valence-electron chi connectivity index (χ1n) is 6.39. The van der Waals surface area contributed by atoms with Crippen molar-refractivity contribution in [3.05, 3.63) is 39.6 Å². The van der Waals surface area contributed by atoms with E-state index in [-0.39, 0.29) is 6.04 Å². The number of nitrogens with two attached hydrogens (primary N) is 1. The Labute approximate surface area is 125 Å². The Bertz CT molecular complexity index is 654. The average Bonchev–Trinajstić information content (AvgIpc) is 2.90. The van der Waals surface area contributed by atoms with Gasteiger partial charge in [-0.3, -0.25) is 4.68 Å². The first kappa shape index (κ1) is 13.5. The molecule has 0 saturated heterocycles. The monoisotopic (exact) mass is 337 g/mol. The van der Waals surface area contributed by atoms with Crippen LogP contribution >= 0.6 is 15.9 Å². The summed E-state index contributed by atoms with van der Waals surface area (Å²) >= 11 is 3.53. The van der Waals surface area contributed by atoms with Gasteiger partial charge in [0, 0.05) is 18.7 Å². The van der Waals surface area contributed by atoms with Crippen LogP contribution in [-0.4, -0.2) is 16.4 Å². The zero-order valence-corrected chi connectivity index (χ0v) is 13.0. The molecular formula is C14H16BrN3O2. The Morgan fingerprint density at radius 1 is 1.55 bits per heavy atom. The molecule has 2 heterocycles. The molecule has 0 amide bonds. The number of fused-ring (bicyclic) bond motifs is 1. The molecule has 0 saturated carbocycles. The summed E-state index contributed by atoms with van der Waals surface area (Å²) in [5.41, 5.74) is 8.91. The van der Waals surface area contributed by atoms with E-state index in [0.717, 1.165) is 32.9 Å². The summed E-state index contributed by atoms with van der Waals surface area (Å²) in [6, 6.07) is 5.74. The van der Waals surface area contributed by atoms with Crippen molar-refractivity contribution < 1.29 is 9.47 Å². The second-order valence-corrected chi connectivity index (χ2v) is 5.67. The van der Waals surface area contributed by atoms with Crippen LogP contribution < -0.4 is 15.2 Å². The maximum Gasteiger partial charge on any atom is 0.131 e. The van der Waals surface area contributed by atoms with Crippen molar-refractivity contribution in [3.63, 3.8) is 0 Å². The molecule has 1 aromatic heterocycles. The molecule has 1 atom stereocenters. The minimum Gasteiger partial charge on any atom is -0.491 e. The van der Waals surface area contributed by atoms with Crippen molar-refractivity contribution in [2.75, 3.05) is 6.61 Å². The fraction of sp³-hybridized carbons (Fsp3) is 0.357. The molecule has 1 unspecified atom stereocenters. The van der Waals surface area contributed by atoms with E-state index >= 15 is 0 Å². The Morgan fingerprint density at radius 3 is 3.05 bits per heavy atom. The summed E-state index contributed by atoms with van der Waals surface area (Å²) in [4.78, 5) is 0. The molecular weight excluding hydrogens is 322 g/mol. The van der Waals surface area contributed by atoms with Gasteiger partial charge in [0.2, 0.25) is 0 Å². The summed E-state index contributed by atoms with van der Waals surface area (Å²) in [5.74, 6) is 1.58. The maximum absolute atomic E-state index is 5.92. The van der Waals surface area contributed by atoms with E-state index in [4.69, 9.17) is 15.2 Å². The molecule has 0 fully saturated rings. The Hall–Kier alpha value is -1.53. The van der Waals surface area contributed by atoms with Crippen LogP contribution in [0.25, 0.3) is 0 Å². The van der Waals surface area contributed by atoms with Gasteiger partial charge in [-0.1, -0.05) is 0 Å². The molecule has 2 aromatic rings. The predicted octanol–water partition coefficient (Wildman–Crippen LogP) is 2.46. The summed E-state index contributed by atoms with van der Waals surface area (Å²) in [7, 11) is 1.90. The second kappa shape index (κ2) is 5.10. The van der Waals surface area contributed by atoms with Gasteiger partial charge in [-0.05, 0) is 35.0 Å². The fourth-order valence-corrected chi connectivity index (χ4v) is 2.74. The average molecular weight is 338 g/mol. The third kappa shape index (κ3) is 2.29. The molecule has 0 bridgehead atoms.